The van der Waals surface area contributed by atoms with Crippen LogP contribution in [-0.2, 0) is 22.5 Å². The van der Waals surface area contributed by atoms with Gasteiger partial charge in [0.2, 0.25) is 5.91 Å². The number of nitrogens with zero attached hydrogens (tertiary/aromatic N) is 4. The molecule has 0 spiro atoms. The van der Waals surface area contributed by atoms with Crippen molar-refractivity contribution in [2.45, 2.75) is 52.0 Å². The van der Waals surface area contributed by atoms with Gasteiger partial charge in [0.1, 0.15) is 0 Å². The fourth-order valence-corrected chi connectivity index (χ4v) is 3.81. The molecule has 0 bridgehead atoms. The Kier molecular flexibility index (Phi) is 5.65. The number of carbonyl (C=O) groups excluding carboxylic acids is 1. The van der Waals surface area contributed by atoms with Crippen LogP contribution in [-0.4, -0.2) is 52.1 Å². The molecule has 3 heterocycles. The highest BCUT2D eigenvalue weighted by Crippen LogP contribution is 2.30. The normalized spacial score (nSPS) is 23.7. The third-order valence-electron chi connectivity index (χ3n) is 5.24. The summed E-state index contributed by atoms with van der Waals surface area (Å²) in [5.41, 5.74) is 0.781. The molecule has 2 saturated heterocycles. The molecule has 0 saturated carbocycles. The minimum absolute atomic E-state index is 0.201. The molecular weight excluding hydrogens is 292 g/mol. The van der Waals surface area contributed by atoms with Gasteiger partial charge >= 0.3 is 0 Å². The molecule has 6 nitrogen and oxygen atoms in total. The van der Waals surface area contributed by atoms with Crippen molar-refractivity contribution in [2.24, 2.45) is 11.8 Å². The van der Waals surface area contributed by atoms with Crippen LogP contribution < -0.4 is 0 Å². The predicted molar refractivity (Wildman–Crippen MR) is 86.9 cm³/mol. The van der Waals surface area contributed by atoms with Gasteiger partial charge in [-0.1, -0.05) is 11.6 Å². The minimum Gasteiger partial charge on any atom is -0.381 e. The van der Waals surface area contributed by atoms with Crippen LogP contribution in [0.5, 0.6) is 0 Å². The van der Waals surface area contributed by atoms with E-state index in [9.17, 15) is 4.79 Å². The van der Waals surface area contributed by atoms with Crippen LogP contribution in [0.25, 0.3) is 0 Å². The van der Waals surface area contributed by atoms with E-state index in [1.54, 1.807) is 4.68 Å². The first-order chi connectivity index (χ1) is 11.3. The van der Waals surface area contributed by atoms with E-state index in [-0.39, 0.29) is 5.91 Å². The van der Waals surface area contributed by atoms with Crippen molar-refractivity contribution < 1.29 is 9.53 Å². The van der Waals surface area contributed by atoms with E-state index in [4.69, 9.17) is 4.74 Å². The zero-order chi connectivity index (χ0) is 16.1. The summed E-state index contributed by atoms with van der Waals surface area (Å²) in [4.78, 5) is 14.7. The Labute approximate surface area is 138 Å². The molecule has 2 aliphatic heterocycles. The molecule has 1 unspecified atom stereocenters. The van der Waals surface area contributed by atoms with Gasteiger partial charge in [-0.25, -0.2) is 0 Å². The molecule has 1 amide bonds. The van der Waals surface area contributed by atoms with Gasteiger partial charge < -0.3 is 9.64 Å². The van der Waals surface area contributed by atoms with Crippen LogP contribution in [0.15, 0.2) is 6.20 Å². The topological polar surface area (TPSA) is 60.2 Å². The maximum atomic E-state index is 12.7. The van der Waals surface area contributed by atoms with E-state index in [1.165, 1.54) is 12.8 Å². The number of likely N-dealkylation sites (tertiary alicyclic amines) is 1. The lowest BCUT2D eigenvalue weighted by Crippen LogP contribution is -2.38. The molecule has 1 aromatic rings. The average Bonchev–Trinajstić information content (AvgIpc) is 2.89. The Hall–Kier alpha value is -1.43. The number of aromatic nitrogens is 3. The monoisotopic (exact) mass is 320 g/mol. The second kappa shape index (κ2) is 7.90. The van der Waals surface area contributed by atoms with Crippen LogP contribution in [0.2, 0.25) is 0 Å². The maximum Gasteiger partial charge on any atom is 0.228 e. The number of hydrogen-bond acceptors (Lipinski definition) is 4. The van der Waals surface area contributed by atoms with Crippen LogP contribution in [0.1, 0.15) is 44.7 Å². The van der Waals surface area contributed by atoms with Crippen LogP contribution in [0.3, 0.4) is 0 Å². The number of rotatable bonds is 4. The van der Waals surface area contributed by atoms with Gasteiger partial charge in [0.15, 0.2) is 0 Å². The Morgan fingerprint density at radius 3 is 2.83 bits per heavy atom. The van der Waals surface area contributed by atoms with E-state index < -0.39 is 0 Å². The lowest BCUT2D eigenvalue weighted by Gasteiger charge is -2.32. The van der Waals surface area contributed by atoms with E-state index in [2.05, 4.69) is 15.2 Å². The first kappa shape index (κ1) is 16.4. The van der Waals surface area contributed by atoms with Crippen molar-refractivity contribution in [3.63, 3.8) is 0 Å². The van der Waals surface area contributed by atoms with Crippen molar-refractivity contribution in [3.05, 3.63) is 11.9 Å². The number of hydrogen-bond donors (Lipinski definition) is 0. The van der Waals surface area contributed by atoms with Gasteiger partial charge in [0.25, 0.3) is 0 Å². The smallest absolute Gasteiger partial charge is 0.228 e. The summed E-state index contributed by atoms with van der Waals surface area (Å²) >= 11 is 0. The summed E-state index contributed by atoms with van der Waals surface area (Å²) in [5, 5.41) is 8.12. The van der Waals surface area contributed by atoms with Gasteiger partial charge in [0.05, 0.1) is 12.1 Å². The van der Waals surface area contributed by atoms with Crippen LogP contribution in [0.4, 0.5) is 0 Å². The highest BCUT2D eigenvalue weighted by molar-refractivity contribution is 5.78. The fraction of sp³-hybridized carbons (Fsp3) is 0.824. The second-order valence-electron chi connectivity index (χ2n) is 6.79. The molecule has 2 fully saturated rings. The molecular formula is C17H28N4O2. The number of ether oxygens (including phenoxy) is 1. The highest BCUT2D eigenvalue weighted by Gasteiger charge is 2.29. The Bertz CT molecular complexity index is 510. The molecule has 128 valence electrons. The summed E-state index contributed by atoms with van der Waals surface area (Å²) in [7, 11) is 0. The van der Waals surface area contributed by atoms with E-state index in [1.807, 2.05) is 13.1 Å². The van der Waals surface area contributed by atoms with E-state index in [0.717, 1.165) is 63.7 Å². The third-order valence-corrected chi connectivity index (χ3v) is 5.24. The van der Waals surface area contributed by atoms with E-state index >= 15 is 0 Å². The predicted octanol–water partition coefficient (Wildman–Crippen LogP) is 1.90. The molecule has 3 rings (SSSR count). The molecule has 0 N–H and O–H groups in total. The van der Waals surface area contributed by atoms with Crippen LogP contribution >= 0.6 is 0 Å². The zero-order valence-corrected chi connectivity index (χ0v) is 14.1. The molecule has 1 aromatic heterocycles. The summed E-state index contributed by atoms with van der Waals surface area (Å²) in [5.74, 6) is 1.56. The van der Waals surface area contributed by atoms with Crippen molar-refractivity contribution in [1.29, 1.82) is 0 Å². The summed E-state index contributed by atoms with van der Waals surface area (Å²) in [6, 6.07) is 0. The third kappa shape index (κ3) is 4.31. The van der Waals surface area contributed by atoms with Crippen molar-refractivity contribution in [1.82, 2.24) is 19.9 Å². The van der Waals surface area contributed by atoms with Crippen molar-refractivity contribution in [2.75, 3.05) is 26.3 Å². The number of aryl methyl sites for hydroxylation is 1. The van der Waals surface area contributed by atoms with Gasteiger partial charge in [0, 0.05) is 39.0 Å². The Balaban J connectivity index is 1.59. The summed E-state index contributed by atoms with van der Waals surface area (Å²) < 4.78 is 7.26. The van der Waals surface area contributed by atoms with Crippen molar-refractivity contribution in [3.8, 4) is 0 Å². The van der Waals surface area contributed by atoms with E-state index in [0.29, 0.717) is 12.3 Å². The molecule has 23 heavy (non-hydrogen) atoms. The molecule has 2 aliphatic rings. The zero-order valence-electron chi connectivity index (χ0n) is 14.1. The van der Waals surface area contributed by atoms with Crippen molar-refractivity contribution >= 4 is 5.91 Å². The minimum atomic E-state index is 0.201. The molecule has 0 aliphatic carbocycles. The maximum absolute atomic E-state index is 12.7. The second-order valence-corrected chi connectivity index (χ2v) is 6.79. The lowest BCUT2D eigenvalue weighted by atomic mass is 9.83. The lowest BCUT2D eigenvalue weighted by molar-refractivity contribution is -0.131. The molecule has 0 aromatic carbocycles. The summed E-state index contributed by atoms with van der Waals surface area (Å²) in [6.07, 6.45) is 8.16. The molecule has 0 radical (unpaired) electrons. The fourth-order valence-electron chi connectivity index (χ4n) is 3.81. The van der Waals surface area contributed by atoms with Crippen LogP contribution in [0, 0.1) is 11.8 Å². The number of carbonyl (C=O) groups is 1. The first-order valence-corrected chi connectivity index (χ1v) is 9.00. The first-order valence-electron chi connectivity index (χ1n) is 9.00. The molecule has 6 heteroatoms. The molecule has 1 atom stereocenters. The van der Waals surface area contributed by atoms with Gasteiger partial charge in [-0.3, -0.25) is 9.48 Å². The Morgan fingerprint density at radius 2 is 2.09 bits per heavy atom. The quantitative estimate of drug-likeness (QED) is 0.850. The van der Waals surface area contributed by atoms with Gasteiger partial charge in [-0.05, 0) is 44.4 Å². The number of amides is 1. The summed E-state index contributed by atoms with van der Waals surface area (Å²) in [6.45, 7) is 6.38. The van der Waals surface area contributed by atoms with Gasteiger partial charge in [-0.2, -0.15) is 0 Å². The van der Waals surface area contributed by atoms with Gasteiger partial charge in [-0.15, -0.1) is 5.10 Å². The standard InChI is InChI=1S/C17H28N4O2/c1-2-21-13-16(18-19-21)11-17(22)20-8-4-3-5-15(12-20)14-6-9-23-10-7-14/h13-15H,2-12H2,1H3. The largest absolute Gasteiger partial charge is 0.381 e. The Morgan fingerprint density at radius 1 is 1.26 bits per heavy atom. The highest BCUT2D eigenvalue weighted by atomic mass is 16.5. The SMILES string of the molecule is CCn1cc(CC(=O)N2CCCCC(C3CCOCC3)C2)nn1. The average molecular weight is 320 g/mol.